The fourth-order valence-electron chi connectivity index (χ4n) is 2.68. The lowest BCUT2D eigenvalue weighted by molar-refractivity contribution is -0.137. The van der Waals surface area contributed by atoms with Crippen molar-refractivity contribution in [1.82, 2.24) is 0 Å². The Hall–Kier alpha value is -1.15. The number of aliphatic carboxylic acids is 1. The average molecular weight is 364 g/mol. The molecule has 1 aliphatic heterocycles. The minimum Gasteiger partial charge on any atom is -0.481 e. The lowest BCUT2D eigenvalue weighted by atomic mass is 9.69. The van der Waals surface area contributed by atoms with Crippen LogP contribution in [0.4, 0.5) is 0 Å². The third kappa shape index (κ3) is 3.31. The van der Waals surface area contributed by atoms with Crippen LogP contribution in [0, 0.1) is 0 Å². The molecule has 3 heterocycles. The summed E-state index contributed by atoms with van der Waals surface area (Å²) in [5, 5.41) is 11.4. The van der Waals surface area contributed by atoms with Crippen molar-refractivity contribution in [2.45, 2.75) is 51.1 Å². The van der Waals surface area contributed by atoms with Gasteiger partial charge in [-0.3, -0.25) is 4.79 Å². The minimum atomic E-state index is -0.846. The second-order valence-corrected chi connectivity index (χ2v) is 9.07. The molecule has 1 aliphatic rings. The van der Waals surface area contributed by atoms with E-state index in [9.17, 15) is 9.90 Å². The van der Waals surface area contributed by atoms with Crippen molar-refractivity contribution in [2.24, 2.45) is 0 Å². The summed E-state index contributed by atoms with van der Waals surface area (Å²) in [6, 6.07) is 8.13. The van der Waals surface area contributed by atoms with Crippen LogP contribution in [-0.2, 0) is 14.1 Å². The van der Waals surface area contributed by atoms with Crippen molar-refractivity contribution in [2.75, 3.05) is 0 Å². The van der Waals surface area contributed by atoms with Gasteiger partial charge in [-0.1, -0.05) is 6.07 Å². The maximum atomic E-state index is 11.4. The van der Waals surface area contributed by atoms with Gasteiger partial charge in [0.15, 0.2) is 0 Å². The van der Waals surface area contributed by atoms with Gasteiger partial charge in [0.05, 0.1) is 17.6 Å². The van der Waals surface area contributed by atoms with Crippen molar-refractivity contribution in [3.63, 3.8) is 0 Å². The molecule has 1 fully saturated rings. The molecule has 1 unspecified atom stereocenters. The number of carbonyl (C=O) groups is 1. The van der Waals surface area contributed by atoms with Gasteiger partial charge in [-0.25, -0.2) is 0 Å². The van der Waals surface area contributed by atoms with Gasteiger partial charge in [0.25, 0.3) is 0 Å². The van der Waals surface area contributed by atoms with Crippen LogP contribution in [0.15, 0.2) is 29.6 Å². The number of thiophene rings is 2. The molecular formula is C17H21BO4S2. The Kier molecular flexibility index (Phi) is 4.64. The molecule has 0 saturated carbocycles. The van der Waals surface area contributed by atoms with Crippen molar-refractivity contribution in [3.8, 4) is 9.75 Å². The number of rotatable bonds is 5. The summed E-state index contributed by atoms with van der Waals surface area (Å²) in [4.78, 5) is 14.7. The Morgan fingerprint density at radius 2 is 1.83 bits per heavy atom. The standard InChI is InChI=1S/C17H21BO4S2/c1-16(2)17(3,4)22-18(21-16)11(10-15(19)20)12-7-8-14(24-12)13-6-5-9-23-13/h5-9,11H,10H2,1-4H3,(H,19,20). The van der Waals surface area contributed by atoms with E-state index in [1.165, 1.54) is 4.88 Å². The fourth-order valence-corrected chi connectivity index (χ4v) is 4.63. The first-order chi connectivity index (χ1) is 11.2. The molecule has 3 rings (SSSR count). The van der Waals surface area contributed by atoms with Crippen molar-refractivity contribution >= 4 is 35.8 Å². The van der Waals surface area contributed by atoms with Crippen LogP contribution >= 0.6 is 22.7 Å². The summed E-state index contributed by atoms with van der Waals surface area (Å²) in [5.41, 5.74) is -0.940. The maximum absolute atomic E-state index is 11.4. The van der Waals surface area contributed by atoms with E-state index in [-0.39, 0.29) is 12.2 Å². The molecule has 24 heavy (non-hydrogen) atoms. The van der Waals surface area contributed by atoms with E-state index in [0.717, 1.165) is 9.75 Å². The van der Waals surface area contributed by atoms with Gasteiger partial charge in [-0.05, 0) is 51.3 Å². The van der Waals surface area contributed by atoms with Gasteiger partial charge >= 0.3 is 13.1 Å². The highest BCUT2D eigenvalue weighted by Crippen LogP contribution is 2.44. The molecule has 0 spiro atoms. The summed E-state index contributed by atoms with van der Waals surface area (Å²) in [7, 11) is -0.555. The zero-order chi connectivity index (χ0) is 17.5. The third-order valence-electron chi connectivity index (χ3n) is 4.75. The molecule has 1 atom stereocenters. The lowest BCUT2D eigenvalue weighted by Gasteiger charge is -2.32. The third-order valence-corrected chi connectivity index (χ3v) is 7.03. The Balaban J connectivity index is 1.89. The molecule has 0 radical (unpaired) electrons. The first-order valence-electron chi connectivity index (χ1n) is 7.91. The van der Waals surface area contributed by atoms with Crippen molar-refractivity contribution in [1.29, 1.82) is 0 Å². The Bertz CT molecular complexity index is 705. The van der Waals surface area contributed by atoms with Crippen LogP contribution in [0.1, 0.15) is 44.8 Å². The van der Waals surface area contributed by atoms with Crippen LogP contribution in [0.25, 0.3) is 9.75 Å². The minimum absolute atomic E-state index is 0.0127. The molecule has 0 amide bonds. The van der Waals surface area contributed by atoms with Gasteiger partial charge in [0.1, 0.15) is 0 Å². The van der Waals surface area contributed by atoms with E-state index < -0.39 is 24.3 Å². The normalized spacial score (nSPS) is 20.2. The van der Waals surface area contributed by atoms with E-state index in [4.69, 9.17) is 9.31 Å². The number of carboxylic acid groups (broad SMARTS) is 1. The summed E-state index contributed by atoms with van der Waals surface area (Å²) in [6.07, 6.45) is -0.0127. The van der Waals surface area contributed by atoms with E-state index >= 15 is 0 Å². The molecular weight excluding hydrogens is 343 g/mol. The molecule has 1 saturated heterocycles. The van der Waals surface area contributed by atoms with E-state index in [1.54, 1.807) is 22.7 Å². The van der Waals surface area contributed by atoms with Crippen LogP contribution in [0.2, 0.25) is 0 Å². The molecule has 0 aliphatic carbocycles. The van der Waals surface area contributed by atoms with Gasteiger partial charge in [-0.2, -0.15) is 0 Å². The van der Waals surface area contributed by atoms with Crippen molar-refractivity contribution in [3.05, 3.63) is 34.5 Å². The molecule has 2 aromatic heterocycles. The number of hydrogen-bond acceptors (Lipinski definition) is 5. The summed E-state index contributed by atoms with van der Waals surface area (Å²) in [6.45, 7) is 7.93. The summed E-state index contributed by atoms with van der Waals surface area (Å²) in [5.74, 6) is -1.16. The lowest BCUT2D eigenvalue weighted by Crippen LogP contribution is -2.41. The second kappa shape index (κ2) is 6.30. The topological polar surface area (TPSA) is 55.8 Å². The van der Waals surface area contributed by atoms with E-state index in [1.807, 2.05) is 51.3 Å². The van der Waals surface area contributed by atoms with Crippen LogP contribution in [0.3, 0.4) is 0 Å². The van der Waals surface area contributed by atoms with E-state index in [0.29, 0.717) is 0 Å². The molecule has 1 N–H and O–H groups in total. The molecule has 7 heteroatoms. The first-order valence-corrected chi connectivity index (χ1v) is 9.60. The Morgan fingerprint density at radius 3 is 2.38 bits per heavy atom. The van der Waals surface area contributed by atoms with Gasteiger partial charge in [0.2, 0.25) is 0 Å². The highest BCUT2D eigenvalue weighted by atomic mass is 32.1. The number of hydrogen-bond donors (Lipinski definition) is 1. The van der Waals surface area contributed by atoms with Gasteiger partial charge < -0.3 is 14.4 Å². The largest absolute Gasteiger partial charge is 0.481 e. The maximum Gasteiger partial charge on any atom is 0.467 e. The smallest absolute Gasteiger partial charge is 0.467 e. The molecule has 4 nitrogen and oxygen atoms in total. The molecule has 2 aromatic rings. The average Bonchev–Trinajstić information content (AvgIpc) is 3.16. The van der Waals surface area contributed by atoms with Gasteiger partial charge in [0, 0.05) is 20.4 Å². The number of carboxylic acids is 1. The van der Waals surface area contributed by atoms with E-state index in [2.05, 4.69) is 6.07 Å². The summed E-state index contributed by atoms with van der Waals surface area (Å²) >= 11 is 3.29. The Morgan fingerprint density at radius 1 is 1.17 bits per heavy atom. The molecule has 128 valence electrons. The highest BCUT2D eigenvalue weighted by Gasteiger charge is 2.54. The van der Waals surface area contributed by atoms with Crippen LogP contribution < -0.4 is 0 Å². The Labute approximate surface area is 150 Å². The highest BCUT2D eigenvalue weighted by molar-refractivity contribution is 7.21. The van der Waals surface area contributed by atoms with Gasteiger partial charge in [-0.15, -0.1) is 22.7 Å². The second-order valence-electron chi connectivity index (χ2n) is 7.01. The molecule has 0 aromatic carbocycles. The van der Waals surface area contributed by atoms with Crippen LogP contribution in [-0.4, -0.2) is 29.4 Å². The summed E-state index contributed by atoms with van der Waals surface area (Å²) < 4.78 is 12.2. The van der Waals surface area contributed by atoms with Crippen LogP contribution in [0.5, 0.6) is 0 Å². The first kappa shape index (κ1) is 17.7. The molecule has 0 bridgehead atoms. The fraction of sp³-hybridized carbons (Fsp3) is 0.471. The zero-order valence-electron chi connectivity index (χ0n) is 14.2. The predicted molar refractivity (Wildman–Crippen MR) is 98.7 cm³/mol. The quantitative estimate of drug-likeness (QED) is 0.784. The van der Waals surface area contributed by atoms with Crippen molar-refractivity contribution < 1.29 is 19.2 Å². The zero-order valence-corrected chi connectivity index (χ0v) is 15.9. The predicted octanol–water partition coefficient (Wildman–Crippen LogP) is 4.67. The SMILES string of the molecule is CC1(C)OB(C(CC(=O)O)c2ccc(-c3cccs3)s2)OC1(C)C. The monoisotopic (exact) mass is 364 g/mol.